The van der Waals surface area contributed by atoms with Crippen LogP contribution < -0.4 is 32.2 Å². The molecule has 1 aromatic carbocycles. The number of rotatable bonds is 8. The Kier molecular flexibility index (Phi) is 8.22. The fourth-order valence-electron chi connectivity index (χ4n) is 3.22. The highest BCUT2D eigenvalue weighted by Gasteiger charge is 2.16. The van der Waals surface area contributed by atoms with Crippen LogP contribution in [-0.4, -0.2) is 44.2 Å². The molecule has 1 aliphatic rings. The van der Waals surface area contributed by atoms with Crippen LogP contribution in [0.25, 0.3) is 0 Å². The van der Waals surface area contributed by atoms with Gasteiger partial charge in [0.25, 0.3) is 0 Å². The number of benzene rings is 1. The molecule has 0 aliphatic carbocycles. The summed E-state index contributed by atoms with van der Waals surface area (Å²) >= 11 is 0. The molecule has 0 spiro atoms. The Labute approximate surface area is 168 Å². The Morgan fingerprint density at radius 1 is 1.29 bits per heavy atom. The molecule has 1 aromatic rings. The molecule has 8 nitrogen and oxygen atoms in total. The first-order valence-corrected chi connectivity index (χ1v) is 10.0. The zero-order valence-corrected chi connectivity index (χ0v) is 17.5. The standard InChI is InChI=1S/C20H35N7O/c1-13(2)25-20(27-19(21)22)24-10-5-7-14(3)26-17-12-16(28-4)11-15-8-6-9-23-18(15)17/h11-14,23,26H,5-10H2,1-4H3,(H5,21,22,24,25,27)/t14-/m0/s1. The molecule has 0 amide bonds. The minimum Gasteiger partial charge on any atom is -0.497 e. The van der Waals surface area contributed by atoms with Crippen LogP contribution >= 0.6 is 0 Å². The number of anilines is 2. The second kappa shape index (κ2) is 10.6. The smallest absolute Gasteiger partial charge is 0.221 e. The van der Waals surface area contributed by atoms with Crippen molar-refractivity contribution in [2.45, 2.75) is 58.5 Å². The van der Waals surface area contributed by atoms with Crippen LogP contribution in [0, 0.1) is 0 Å². The van der Waals surface area contributed by atoms with Crippen LogP contribution in [0.5, 0.6) is 5.75 Å². The van der Waals surface area contributed by atoms with Crippen molar-refractivity contribution in [1.82, 2.24) is 5.32 Å². The fraction of sp³-hybridized carbons (Fsp3) is 0.600. The second-order valence-electron chi connectivity index (χ2n) is 7.47. The van der Waals surface area contributed by atoms with Crippen molar-refractivity contribution in [3.8, 4) is 5.75 Å². The highest BCUT2D eigenvalue weighted by Crippen LogP contribution is 2.35. The Balaban J connectivity index is 1.93. The van der Waals surface area contributed by atoms with E-state index in [1.807, 2.05) is 13.8 Å². The third-order valence-corrected chi connectivity index (χ3v) is 4.47. The van der Waals surface area contributed by atoms with Crippen LogP contribution in [0.2, 0.25) is 0 Å². The van der Waals surface area contributed by atoms with Crippen LogP contribution in [0.3, 0.4) is 0 Å². The molecule has 0 unspecified atom stereocenters. The molecule has 1 heterocycles. The topological polar surface area (TPSA) is 122 Å². The molecule has 7 N–H and O–H groups in total. The maximum atomic E-state index is 5.47. The lowest BCUT2D eigenvalue weighted by atomic mass is 10.0. The van der Waals surface area contributed by atoms with E-state index in [1.54, 1.807) is 7.11 Å². The third-order valence-electron chi connectivity index (χ3n) is 4.47. The number of aliphatic imine (C=N–C) groups is 2. The van der Waals surface area contributed by atoms with Gasteiger partial charge in [0.05, 0.1) is 18.5 Å². The number of nitrogens with zero attached hydrogens (tertiary/aromatic N) is 2. The molecule has 0 saturated heterocycles. The zero-order valence-electron chi connectivity index (χ0n) is 17.5. The Morgan fingerprint density at radius 3 is 2.75 bits per heavy atom. The number of nitrogens with one attached hydrogen (secondary N) is 3. The summed E-state index contributed by atoms with van der Waals surface area (Å²) in [6.45, 7) is 7.89. The monoisotopic (exact) mass is 389 g/mol. The quantitative estimate of drug-likeness (QED) is 0.264. The first-order chi connectivity index (χ1) is 13.4. The van der Waals surface area contributed by atoms with Gasteiger partial charge in [-0.15, -0.1) is 0 Å². The van der Waals surface area contributed by atoms with E-state index in [9.17, 15) is 0 Å². The number of guanidine groups is 2. The predicted molar refractivity (Wildman–Crippen MR) is 119 cm³/mol. The molecule has 156 valence electrons. The molecule has 0 aromatic heterocycles. The van der Waals surface area contributed by atoms with Crippen molar-refractivity contribution in [3.63, 3.8) is 0 Å². The Bertz CT molecular complexity index is 696. The van der Waals surface area contributed by atoms with Gasteiger partial charge in [-0.3, -0.25) is 4.99 Å². The van der Waals surface area contributed by atoms with Gasteiger partial charge in [-0.1, -0.05) is 0 Å². The van der Waals surface area contributed by atoms with E-state index >= 15 is 0 Å². The van der Waals surface area contributed by atoms with Gasteiger partial charge in [0.1, 0.15) is 5.75 Å². The lowest BCUT2D eigenvalue weighted by Crippen LogP contribution is -2.33. The van der Waals surface area contributed by atoms with Crippen molar-refractivity contribution in [2.75, 3.05) is 30.8 Å². The summed E-state index contributed by atoms with van der Waals surface area (Å²) in [7, 11) is 1.71. The van der Waals surface area contributed by atoms with E-state index in [0.717, 1.165) is 43.7 Å². The number of aryl methyl sites for hydroxylation is 1. The Morgan fingerprint density at radius 2 is 2.07 bits per heavy atom. The molecule has 0 radical (unpaired) electrons. The number of fused-ring (bicyclic) bond motifs is 1. The van der Waals surface area contributed by atoms with E-state index in [0.29, 0.717) is 18.5 Å². The molecule has 1 atom stereocenters. The van der Waals surface area contributed by atoms with Crippen molar-refractivity contribution in [2.24, 2.45) is 21.5 Å². The second-order valence-corrected chi connectivity index (χ2v) is 7.47. The van der Waals surface area contributed by atoms with E-state index < -0.39 is 0 Å². The van der Waals surface area contributed by atoms with E-state index in [2.05, 4.69) is 45.0 Å². The number of nitrogens with two attached hydrogens (primary N) is 2. The van der Waals surface area contributed by atoms with Gasteiger partial charge in [0.15, 0.2) is 5.96 Å². The van der Waals surface area contributed by atoms with Crippen molar-refractivity contribution in [3.05, 3.63) is 17.7 Å². The van der Waals surface area contributed by atoms with Crippen LogP contribution in [0.15, 0.2) is 22.1 Å². The SMILES string of the molecule is COc1cc2c(c(N[C@@H](C)CCCN=C(N=C(N)N)NC(C)C)c1)NCCC2. The van der Waals surface area contributed by atoms with Crippen molar-refractivity contribution in [1.29, 1.82) is 0 Å². The van der Waals surface area contributed by atoms with E-state index in [-0.39, 0.29) is 12.0 Å². The number of ether oxygens (including phenoxy) is 1. The molecule has 28 heavy (non-hydrogen) atoms. The molecule has 0 fully saturated rings. The summed E-state index contributed by atoms with van der Waals surface area (Å²) in [5.74, 6) is 1.39. The molecule has 8 heteroatoms. The van der Waals surface area contributed by atoms with Crippen LogP contribution in [0.1, 0.15) is 45.6 Å². The molecular weight excluding hydrogens is 354 g/mol. The first-order valence-electron chi connectivity index (χ1n) is 10.0. The molecular formula is C20H35N7O. The minimum atomic E-state index is 0.0113. The molecule has 0 saturated carbocycles. The summed E-state index contributed by atoms with van der Waals surface area (Å²) in [4.78, 5) is 8.52. The minimum absolute atomic E-state index is 0.0113. The van der Waals surface area contributed by atoms with Crippen LogP contribution in [0.4, 0.5) is 11.4 Å². The average molecular weight is 390 g/mol. The van der Waals surface area contributed by atoms with Gasteiger partial charge in [-0.2, -0.15) is 4.99 Å². The van der Waals surface area contributed by atoms with Crippen molar-refractivity contribution < 1.29 is 4.74 Å². The zero-order chi connectivity index (χ0) is 20.5. The van der Waals surface area contributed by atoms with Gasteiger partial charge < -0.3 is 32.2 Å². The van der Waals surface area contributed by atoms with Gasteiger partial charge in [0.2, 0.25) is 5.96 Å². The van der Waals surface area contributed by atoms with Gasteiger partial charge in [-0.25, -0.2) is 0 Å². The number of hydrogen-bond donors (Lipinski definition) is 5. The Hall–Kier alpha value is -2.64. The fourth-order valence-corrected chi connectivity index (χ4v) is 3.22. The predicted octanol–water partition coefficient (Wildman–Crippen LogP) is 2.26. The highest BCUT2D eigenvalue weighted by molar-refractivity contribution is 5.93. The average Bonchev–Trinajstić information content (AvgIpc) is 2.64. The largest absolute Gasteiger partial charge is 0.497 e. The molecule has 2 rings (SSSR count). The van der Waals surface area contributed by atoms with Gasteiger partial charge >= 0.3 is 0 Å². The van der Waals surface area contributed by atoms with Crippen LogP contribution in [-0.2, 0) is 6.42 Å². The first kappa shape index (κ1) is 21.7. The lowest BCUT2D eigenvalue weighted by Gasteiger charge is -2.25. The van der Waals surface area contributed by atoms with Crippen molar-refractivity contribution >= 4 is 23.3 Å². The van der Waals surface area contributed by atoms with Gasteiger partial charge in [-0.05, 0) is 58.1 Å². The molecule has 1 aliphatic heterocycles. The summed E-state index contributed by atoms with van der Waals surface area (Å²) in [6, 6.07) is 4.71. The van der Waals surface area contributed by atoms with E-state index in [4.69, 9.17) is 16.2 Å². The summed E-state index contributed by atoms with van der Waals surface area (Å²) < 4.78 is 5.47. The summed E-state index contributed by atoms with van der Waals surface area (Å²) in [5, 5.41) is 10.3. The third kappa shape index (κ3) is 6.83. The van der Waals surface area contributed by atoms with Gasteiger partial charge in [0, 0.05) is 31.2 Å². The maximum Gasteiger partial charge on any atom is 0.221 e. The maximum absolute atomic E-state index is 5.47. The lowest BCUT2D eigenvalue weighted by molar-refractivity contribution is 0.414. The summed E-state index contributed by atoms with van der Waals surface area (Å²) in [5.41, 5.74) is 14.6. The summed E-state index contributed by atoms with van der Waals surface area (Å²) in [6.07, 6.45) is 4.13. The normalized spacial score (nSPS) is 14.7. The molecule has 0 bridgehead atoms. The number of methoxy groups -OCH3 is 1. The highest BCUT2D eigenvalue weighted by atomic mass is 16.5. The van der Waals surface area contributed by atoms with E-state index in [1.165, 1.54) is 11.3 Å². The number of hydrogen-bond acceptors (Lipinski definition) is 4.